The van der Waals surface area contributed by atoms with E-state index in [2.05, 4.69) is 81.7 Å². The van der Waals surface area contributed by atoms with E-state index in [9.17, 15) is 0 Å². The van der Waals surface area contributed by atoms with Crippen LogP contribution >= 0.6 is 12.2 Å². The minimum atomic E-state index is 0.168. The molecule has 2 atom stereocenters. The molecule has 0 aliphatic heterocycles. The van der Waals surface area contributed by atoms with E-state index in [-0.39, 0.29) is 6.04 Å². The summed E-state index contributed by atoms with van der Waals surface area (Å²) in [5, 5.41) is 7.34. The van der Waals surface area contributed by atoms with Crippen molar-refractivity contribution in [2.75, 3.05) is 5.32 Å². The zero-order valence-corrected chi connectivity index (χ0v) is 16.1. The van der Waals surface area contributed by atoms with Gasteiger partial charge in [-0.15, -0.1) is 0 Å². The summed E-state index contributed by atoms with van der Waals surface area (Å²) in [4.78, 5) is 0. The second-order valence-electron chi connectivity index (χ2n) is 6.54. The fourth-order valence-electron chi connectivity index (χ4n) is 2.67. The fraction of sp³-hybridized carbons (Fsp3) is 0.381. The largest absolute Gasteiger partial charge is 0.356 e. The van der Waals surface area contributed by atoms with E-state index in [4.69, 9.17) is 12.2 Å². The highest BCUT2D eigenvalue weighted by Crippen LogP contribution is 2.22. The first-order chi connectivity index (χ1) is 11.4. The standard InChI is InChI=1S/C21H28N2S/c1-6-14(2)18-10-12-19(13-11-18)17(5)22-21(24)23-20-9-7-8-15(3)16(20)4/h7-14,17H,6H2,1-5H3,(H2,22,23,24). The normalized spacial score (nSPS) is 13.2. The number of rotatable bonds is 5. The molecule has 0 radical (unpaired) electrons. The number of hydrogen-bond donors (Lipinski definition) is 2. The van der Waals surface area contributed by atoms with Gasteiger partial charge < -0.3 is 10.6 Å². The molecule has 0 fully saturated rings. The smallest absolute Gasteiger partial charge is 0.171 e. The molecule has 24 heavy (non-hydrogen) atoms. The molecule has 0 amide bonds. The summed E-state index contributed by atoms with van der Waals surface area (Å²) >= 11 is 5.48. The van der Waals surface area contributed by atoms with E-state index >= 15 is 0 Å². The number of benzene rings is 2. The van der Waals surface area contributed by atoms with Gasteiger partial charge in [0, 0.05) is 5.69 Å². The van der Waals surface area contributed by atoms with E-state index in [1.165, 1.54) is 22.3 Å². The van der Waals surface area contributed by atoms with E-state index in [1.807, 2.05) is 6.07 Å². The summed E-state index contributed by atoms with van der Waals surface area (Å²) in [6.07, 6.45) is 1.16. The molecule has 0 aliphatic rings. The Hall–Kier alpha value is -1.87. The van der Waals surface area contributed by atoms with Crippen molar-refractivity contribution in [1.29, 1.82) is 0 Å². The van der Waals surface area contributed by atoms with Gasteiger partial charge in [0.15, 0.2) is 5.11 Å². The topological polar surface area (TPSA) is 24.1 Å². The third kappa shape index (κ3) is 4.57. The highest BCUT2D eigenvalue weighted by molar-refractivity contribution is 7.80. The summed E-state index contributed by atoms with van der Waals surface area (Å²) in [5.74, 6) is 0.606. The van der Waals surface area contributed by atoms with Crippen molar-refractivity contribution in [2.45, 2.75) is 53.0 Å². The van der Waals surface area contributed by atoms with Crippen molar-refractivity contribution in [2.24, 2.45) is 0 Å². The Bertz CT molecular complexity index is 691. The molecule has 0 saturated carbocycles. The molecule has 2 nitrogen and oxygen atoms in total. The quantitative estimate of drug-likeness (QED) is 0.666. The second-order valence-corrected chi connectivity index (χ2v) is 6.95. The SMILES string of the molecule is CCC(C)c1ccc(C(C)NC(=S)Nc2cccc(C)c2C)cc1. The Morgan fingerprint density at radius 1 is 1.00 bits per heavy atom. The third-order valence-electron chi connectivity index (χ3n) is 4.82. The molecule has 2 rings (SSSR count). The van der Waals surface area contributed by atoms with Crippen molar-refractivity contribution in [3.63, 3.8) is 0 Å². The van der Waals surface area contributed by atoms with E-state index in [0.29, 0.717) is 11.0 Å². The summed E-state index contributed by atoms with van der Waals surface area (Å²) in [6.45, 7) is 10.8. The summed E-state index contributed by atoms with van der Waals surface area (Å²) in [7, 11) is 0. The fourth-order valence-corrected chi connectivity index (χ4v) is 2.96. The van der Waals surface area contributed by atoms with Crippen LogP contribution in [0.1, 0.15) is 61.4 Å². The van der Waals surface area contributed by atoms with Gasteiger partial charge in [-0.05, 0) is 73.6 Å². The van der Waals surface area contributed by atoms with Crippen LogP contribution in [0, 0.1) is 13.8 Å². The lowest BCUT2D eigenvalue weighted by Gasteiger charge is -2.19. The van der Waals surface area contributed by atoms with E-state index in [0.717, 1.165) is 12.1 Å². The Balaban J connectivity index is 1.99. The van der Waals surface area contributed by atoms with Crippen molar-refractivity contribution in [3.05, 3.63) is 64.7 Å². The third-order valence-corrected chi connectivity index (χ3v) is 5.04. The first-order valence-corrected chi connectivity index (χ1v) is 9.06. The maximum Gasteiger partial charge on any atom is 0.171 e. The molecule has 2 aromatic carbocycles. The predicted molar refractivity (Wildman–Crippen MR) is 109 cm³/mol. The molecular formula is C21H28N2S. The Morgan fingerprint density at radius 3 is 2.25 bits per heavy atom. The van der Waals surface area contributed by atoms with Gasteiger partial charge in [0.2, 0.25) is 0 Å². The van der Waals surface area contributed by atoms with Crippen LogP contribution < -0.4 is 10.6 Å². The highest BCUT2D eigenvalue weighted by atomic mass is 32.1. The molecule has 128 valence electrons. The second kappa shape index (κ2) is 8.29. The van der Waals surface area contributed by atoms with Gasteiger partial charge in [0.05, 0.1) is 6.04 Å². The predicted octanol–water partition coefficient (Wildman–Crippen LogP) is 5.86. The molecule has 0 heterocycles. The highest BCUT2D eigenvalue weighted by Gasteiger charge is 2.10. The number of thiocarbonyl (C=S) groups is 1. The maximum atomic E-state index is 5.48. The Labute approximate surface area is 151 Å². The number of nitrogens with one attached hydrogen (secondary N) is 2. The van der Waals surface area contributed by atoms with Crippen molar-refractivity contribution in [1.82, 2.24) is 5.32 Å². The molecular weight excluding hydrogens is 312 g/mol. The number of hydrogen-bond acceptors (Lipinski definition) is 1. The lowest BCUT2D eigenvalue weighted by atomic mass is 9.96. The zero-order chi connectivity index (χ0) is 17.7. The monoisotopic (exact) mass is 340 g/mol. The molecule has 0 saturated heterocycles. The van der Waals surface area contributed by atoms with Gasteiger partial charge in [-0.3, -0.25) is 0 Å². The van der Waals surface area contributed by atoms with Gasteiger partial charge >= 0.3 is 0 Å². The minimum Gasteiger partial charge on any atom is -0.356 e. The van der Waals surface area contributed by atoms with Crippen LogP contribution in [0.3, 0.4) is 0 Å². The average molecular weight is 341 g/mol. The van der Waals surface area contributed by atoms with Gasteiger partial charge in [-0.25, -0.2) is 0 Å². The molecule has 0 aliphatic carbocycles. The first-order valence-electron chi connectivity index (χ1n) is 8.66. The van der Waals surface area contributed by atoms with Gasteiger partial charge in [-0.2, -0.15) is 0 Å². The molecule has 0 aromatic heterocycles. The average Bonchev–Trinajstić information content (AvgIpc) is 2.58. The first kappa shape index (κ1) is 18.5. The van der Waals surface area contributed by atoms with Crippen LogP contribution in [0.15, 0.2) is 42.5 Å². The van der Waals surface area contributed by atoms with Crippen LogP contribution in [0.25, 0.3) is 0 Å². The van der Waals surface area contributed by atoms with Crippen molar-refractivity contribution >= 4 is 23.0 Å². The van der Waals surface area contributed by atoms with Crippen molar-refractivity contribution < 1.29 is 0 Å². The molecule has 0 bridgehead atoms. The Morgan fingerprint density at radius 2 is 1.62 bits per heavy atom. The van der Waals surface area contributed by atoms with Crippen LogP contribution in [-0.4, -0.2) is 5.11 Å². The van der Waals surface area contributed by atoms with Crippen LogP contribution in [0.2, 0.25) is 0 Å². The lowest BCUT2D eigenvalue weighted by molar-refractivity contribution is 0.713. The van der Waals surface area contributed by atoms with E-state index < -0.39 is 0 Å². The minimum absolute atomic E-state index is 0.168. The van der Waals surface area contributed by atoms with Crippen LogP contribution in [0.4, 0.5) is 5.69 Å². The van der Waals surface area contributed by atoms with E-state index in [1.54, 1.807) is 0 Å². The van der Waals surface area contributed by atoms with Gasteiger partial charge in [0.1, 0.15) is 0 Å². The summed E-state index contributed by atoms with van der Waals surface area (Å²) < 4.78 is 0. The Kier molecular flexibility index (Phi) is 6.38. The van der Waals surface area contributed by atoms with Gasteiger partial charge in [-0.1, -0.05) is 50.2 Å². The molecule has 2 aromatic rings. The maximum absolute atomic E-state index is 5.48. The molecule has 0 spiro atoms. The van der Waals surface area contributed by atoms with Crippen LogP contribution in [0.5, 0.6) is 0 Å². The molecule has 2 unspecified atom stereocenters. The van der Waals surface area contributed by atoms with Crippen LogP contribution in [-0.2, 0) is 0 Å². The number of aryl methyl sites for hydroxylation is 1. The molecule has 3 heteroatoms. The molecule has 2 N–H and O–H groups in total. The zero-order valence-electron chi connectivity index (χ0n) is 15.3. The summed E-state index contributed by atoms with van der Waals surface area (Å²) in [5.41, 5.74) is 6.19. The number of anilines is 1. The lowest BCUT2D eigenvalue weighted by Crippen LogP contribution is -2.31. The van der Waals surface area contributed by atoms with Gasteiger partial charge in [0.25, 0.3) is 0 Å². The summed E-state index contributed by atoms with van der Waals surface area (Å²) in [6, 6.07) is 15.2. The van der Waals surface area contributed by atoms with Crippen molar-refractivity contribution in [3.8, 4) is 0 Å².